The minimum Gasteiger partial charge on any atom is -0.497 e. The molecular formula is C14H21NO3. The Morgan fingerprint density at radius 2 is 1.94 bits per heavy atom. The lowest BCUT2D eigenvalue weighted by molar-refractivity contribution is -0.0372. The molecule has 1 saturated carbocycles. The molecule has 0 aromatic heterocycles. The number of hydroxylamine groups is 1. The first-order valence-corrected chi connectivity index (χ1v) is 6.50. The van der Waals surface area contributed by atoms with Crippen molar-refractivity contribution in [1.82, 2.24) is 5.48 Å². The number of aliphatic hydroxyl groups is 1. The monoisotopic (exact) mass is 251 g/mol. The fourth-order valence-electron chi connectivity index (χ4n) is 2.20. The van der Waals surface area contributed by atoms with Gasteiger partial charge in [0.15, 0.2) is 0 Å². The summed E-state index contributed by atoms with van der Waals surface area (Å²) in [5.74, 6) is 0.793. The van der Waals surface area contributed by atoms with Gasteiger partial charge in [0.05, 0.1) is 25.9 Å². The third kappa shape index (κ3) is 3.70. The number of nitrogens with one attached hydrogen (secondary N) is 1. The zero-order valence-electron chi connectivity index (χ0n) is 10.8. The maximum atomic E-state index is 9.97. The van der Waals surface area contributed by atoms with E-state index in [9.17, 15) is 5.11 Å². The molecule has 1 aliphatic rings. The second kappa shape index (κ2) is 6.73. The first-order valence-electron chi connectivity index (χ1n) is 6.50. The average molecular weight is 251 g/mol. The van der Waals surface area contributed by atoms with Crippen LogP contribution in [0.15, 0.2) is 24.3 Å². The third-order valence-corrected chi connectivity index (χ3v) is 3.33. The van der Waals surface area contributed by atoms with Crippen molar-refractivity contribution in [3.63, 3.8) is 0 Å². The Balaban J connectivity index is 1.74. The van der Waals surface area contributed by atoms with Crippen molar-refractivity contribution < 1.29 is 14.7 Å². The van der Waals surface area contributed by atoms with E-state index in [4.69, 9.17) is 9.57 Å². The van der Waals surface area contributed by atoms with Crippen molar-refractivity contribution in [3.05, 3.63) is 29.8 Å². The van der Waals surface area contributed by atoms with Crippen molar-refractivity contribution in [2.75, 3.05) is 13.7 Å². The molecule has 0 heterocycles. The normalized spacial score (nSPS) is 17.9. The molecule has 1 atom stereocenters. The summed E-state index contributed by atoms with van der Waals surface area (Å²) in [6, 6.07) is 7.41. The Morgan fingerprint density at radius 1 is 1.28 bits per heavy atom. The van der Waals surface area contributed by atoms with E-state index in [1.54, 1.807) is 7.11 Å². The molecule has 100 valence electrons. The zero-order valence-corrected chi connectivity index (χ0v) is 10.8. The van der Waals surface area contributed by atoms with Gasteiger partial charge < -0.3 is 9.84 Å². The lowest BCUT2D eigenvalue weighted by Crippen LogP contribution is -2.26. The Labute approximate surface area is 108 Å². The largest absolute Gasteiger partial charge is 0.497 e. The highest BCUT2D eigenvalue weighted by atomic mass is 16.7. The highest BCUT2D eigenvalue weighted by molar-refractivity contribution is 5.28. The minimum absolute atomic E-state index is 0.313. The van der Waals surface area contributed by atoms with Crippen molar-refractivity contribution in [2.24, 2.45) is 0 Å². The van der Waals surface area contributed by atoms with Gasteiger partial charge in [0, 0.05) is 0 Å². The molecule has 0 bridgehead atoms. The number of methoxy groups -OCH3 is 1. The predicted molar refractivity (Wildman–Crippen MR) is 69.3 cm³/mol. The highest BCUT2D eigenvalue weighted by Gasteiger charge is 2.16. The zero-order chi connectivity index (χ0) is 12.8. The fraction of sp³-hybridized carbons (Fsp3) is 0.571. The molecule has 1 unspecified atom stereocenters. The average Bonchev–Trinajstić information content (AvgIpc) is 2.92. The molecule has 0 saturated heterocycles. The number of hydrogen-bond acceptors (Lipinski definition) is 4. The Bertz CT molecular complexity index is 347. The predicted octanol–water partition coefficient (Wildman–Crippen LogP) is 2.19. The van der Waals surface area contributed by atoms with E-state index in [0.717, 1.165) is 24.2 Å². The molecular weight excluding hydrogens is 230 g/mol. The number of aliphatic hydroxyl groups excluding tert-OH is 1. The summed E-state index contributed by atoms with van der Waals surface area (Å²) in [6.45, 7) is 0.406. The van der Waals surface area contributed by atoms with Crippen molar-refractivity contribution >= 4 is 0 Å². The van der Waals surface area contributed by atoms with Gasteiger partial charge in [0.1, 0.15) is 5.75 Å². The molecule has 1 fully saturated rings. The standard InChI is InChI=1S/C14H21NO3/c1-17-12-8-6-11(7-9-12)14(16)10-15-18-13-4-2-3-5-13/h6-9,13-16H,2-5,10H2,1H3. The maximum absolute atomic E-state index is 9.97. The van der Waals surface area contributed by atoms with E-state index in [-0.39, 0.29) is 0 Å². The van der Waals surface area contributed by atoms with Gasteiger partial charge >= 0.3 is 0 Å². The van der Waals surface area contributed by atoms with Gasteiger partial charge in [-0.3, -0.25) is 4.84 Å². The van der Waals surface area contributed by atoms with E-state index in [1.807, 2.05) is 24.3 Å². The molecule has 0 aliphatic heterocycles. The van der Waals surface area contributed by atoms with Gasteiger partial charge in [0.25, 0.3) is 0 Å². The summed E-state index contributed by atoms with van der Waals surface area (Å²) >= 11 is 0. The van der Waals surface area contributed by atoms with Crippen LogP contribution in [-0.2, 0) is 4.84 Å². The first-order chi connectivity index (χ1) is 8.79. The number of benzene rings is 1. The molecule has 1 aromatic rings. The second-order valence-corrected chi connectivity index (χ2v) is 4.66. The first kappa shape index (κ1) is 13.3. The molecule has 4 heteroatoms. The lowest BCUT2D eigenvalue weighted by Gasteiger charge is -2.15. The summed E-state index contributed by atoms with van der Waals surface area (Å²) < 4.78 is 5.08. The summed E-state index contributed by atoms with van der Waals surface area (Å²) in [5, 5.41) is 9.97. The Hall–Kier alpha value is -1.10. The van der Waals surface area contributed by atoms with Crippen molar-refractivity contribution in [2.45, 2.75) is 37.9 Å². The number of hydrogen-bond donors (Lipinski definition) is 2. The lowest BCUT2D eigenvalue weighted by atomic mass is 10.1. The minimum atomic E-state index is -0.558. The van der Waals surface area contributed by atoms with Gasteiger partial charge in [0.2, 0.25) is 0 Å². The molecule has 0 radical (unpaired) electrons. The molecule has 1 aromatic carbocycles. The molecule has 0 spiro atoms. The van der Waals surface area contributed by atoms with Crippen LogP contribution in [-0.4, -0.2) is 24.9 Å². The SMILES string of the molecule is COc1ccc(C(O)CNOC2CCCC2)cc1. The van der Waals surface area contributed by atoms with Crippen LogP contribution in [0, 0.1) is 0 Å². The smallest absolute Gasteiger partial charge is 0.118 e. The van der Waals surface area contributed by atoms with Crippen LogP contribution in [0.1, 0.15) is 37.4 Å². The summed E-state index contributed by atoms with van der Waals surface area (Å²) in [5.41, 5.74) is 3.73. The molecule has 1 aliphatic carbocycles. The van der Waals surface area contributed by atoms with E-state index in [1.165, 1.54) is 12.8 Å². The van der Waals surface area contributed by atoms with Crippen LogP contribution in [0.25, 0.3) is 0 Å². The number of ether oxygens (including phenoxy) is 1. The molecule has 0 amide bonds. The third-order valence-electron chi connectivity index (χ3n) is 3.33. The molecule has 2 N–H and O–H groups in total. The van der Waals surface area contributed by atoms with Gasteiger partial charge in [-0.05, 0) is 30.5 Å². The second-order valence-electron chi connectivity index (χ2n) is 4.66. The van der Waals surface area contributed by atoms with Crippen molar-refractivity contribution in [3.8, 4) is 5.75 Å². The highest BCUT2D eigenvalue weighted by Crippen LogP contribution is 2.20. The molecule has 4 nitrogen and oxygen atoms in total. The van der Waals surface area contributed by atoms with E-state index >= 15 is 0 Å². The van der Waals surface area contributed by atoms with E-state index in [0.29, 0.717) is 12.6 Å². The quantitative estimate of drug-likeness (QED) is 0.761. The van der Waals surface area contributed by atoms with Gasteiger partial charge in [-0.2, -0.15) is 5.48 Å². The van der Waals surface area contributed by atoms with E-state index < -0.39 is 6.10 Å². The van der Waals surface area contributed by atoms with Crippen LogP contribution in [0.2, 0.25) is 0 Å². The van der Waals surface area contributed by atoms with E-state index in [2.05, 4.69) is 5.48 Å². The van der Waals surface area contributed by atoms with Crippen LogP contribution in [0.5, 0.6) is 5.75 Å². The van der Waals surface area contributed by atoms with Crippen LogP contribution < -0.4 is 10.2 Å². The summed E-state index contributed by atoms with van der Waals surface area (Å²) in [7, 11) is 1.63. The van der Waals surface area contributed by atoms with Gasteiger partial charge in [-0.15, -0.1) is 0 Å². The Morgan fingerprint density at radius 3 is 2.56 bits per heavy atom. The van der Waals surface area contributed by atoms with Crippen LogP contribution >= 0.6 is 0 Å². The maximum Gasteiger partial charge on any atom is 0.118 e. The van der Waals surface area contributed by atoms with Gasteiger partial charge in [-0.25, -0.2) is 0 Å². The fourth-order valence-corrected chi connectivity index (χ4v) is 2.20. The van der Waals surface area contributed by atoms with Crippen molar-refractivity contribution in [1.29, 1.82) is 0 Å². The van der Waals surface area contributed by atoms with Crippen LogP contribution in [0.3, 0.4) is 0 Å². The van der Waals surface area contributed by atoms with Gasteiger partial charge in [-0.1, -0.05) is 25.0 Å². The Kier molecular flexibility index (Phi) is 4.99. The summed E-state index contributed by atoms with van der Waals surface area (Å²) in [6.07, 6.45) is 4.48. The number of rotatable bonds is 6. The molecule has 2 rings (SSSR count). The topological polar surface area (TPSA) is 50.7 Å². The van der Waals surface area contributed by atoms with Crippen LogP contribution in [0.4, 0.5) is 0 Å². The summed E-state index contributed by atoms with van der Waals surface area (Å²) in [4.78, 5) is 5.51. The molecule has 18 heavy (non-hydrogen) atoms.